The number of allylic oxidation sites excluding steroid dienone is 2. The third-order valence-corrected chi connectivity index (χ3v) is 2.60. The molecule has 0 aromatic carbocycles. The van der Waals surface area contributed by atoms with Gasteiger partial charge in [0.2, 0.25) is 0 Å². The molecule has 0 aliphatic heterocycles. The van der Waals surface area contributed by atoms with E-state index in [-0.39, 0.29) is 0 Å². The lowest BCUT2D eigenvalue weighted by Crippen LogP contribution is -2.30. The molecule has 0 bridgehead atoms. The third-order valence-electron chi connectivity index (χ3n) is 0.713. The van der Waals surface area contributed by atoms with Crippen LogP contribution in [0.2, 0.25) is 6.55 Å². The lowest BCUT2D eigenvalue weighted by molar-refractivity contribution is 0.293. The molecule has 0 aromatic rings. The van der Waals surface area contributed by atoms with Crippen molar-refractivity contribution in [1.29, 1.82) is 0 Å². The molecule has 0 fully saturated rings. The van der Waals surface area contributed by atoms with Crippen molar-refractivity contribution in [2.75, 3.05) is 0 Å². The zero-order valence-electron chi connectivity index (χ0n) is 7.11. The van der Waals surface area contributed by atoms with Crippen LogP contribution in [0.5, 0.6) is 0 Å². The fraction of sp³-hybridized carbons (Fsp3) is 0.429. The summed E-state index contributed by atoms with van der Waals surface area (Å²) in [5.41, 5.74) is 0. The molecule has 0 unspecified atom stereocenters. The Balaban J connectivity index is 3.99. The van der Waals surface area contributed by atoms with Crippen LogP contribution in [-0.4, -0.2) is 7.87 Å². The van der Waals surface area contributed by atoms with E-state index in [1.807, 2.05) is 0 Å². The number of hydrogen-bond donors (Lipinski definition) is 0. The van der Waals surface area contributed by atoms with Crippen LogP contribution in [0.1, 0.15) is 13.8 Å². The zero-order chi connectivity index (χ0) is 9.07. The smallest absolute Gasteiger partial charge is 0.506 e. The quantitative estimate of drug-likeness (QED) is 0.388. The lowest BCUT2D eigenvalue weighted by Gasteiger charge is -2.21. The Kier molecular flexibility index (Phi) is 3.69. The van der Waals surface area contributed by atoms with Crippen LogP contribution in [0.15, 0.2) is 24.7 Å². The molecule has 0 amide bonds. The van der Waals surface area contributed by atoms with Gasteiger partial charge in [0.15, 0.2) is 0 Å². The van der Waals surface area contributed by atoms with Crippen molar-refractivity contribution < 1.29 is 8.85 Å². The predicted octanol–water partition coefficient (Wildman–Crippen LogP) is 2.89. The van der Waals surface area contributed by atoms with E-state index in [1.54, 1.807) is 20.4 Å². The first-order valence-corrected chi connectivity index (χ1v) is 6.54. The molecule has 0 aliphatic rings. The molecule has 0 aliphatic carbocycles. The summed E-state index contributed by atoms with van der Waals surface area (Å²) in [6, 6.07) is 0. The average molecular weight is 193 g/mol. The summed E-state index contributed by atoms with van der Waals surface area (Å²) in [7, 11) is -2.56. The lowest BCUT2D eigenvalue weighted by atomic mass is 10.7. The van der Waals surface area contributed by atoms with Crippen molar-refractivity contribution in [3.63, 3.8) is 0 Å². The summed E-state index contributed by atoms with van der Waals surface area (Å²) in [6.07, 6.45) is 0. The fourth-order valence-electron chi connectivity index (χ4n) is 0.643. The second-order valence-corrected chi connectivity index (χ2v) is 6.58. The third kappa shape index (κ3) is 6.00. The molecule has 0 saturated heterocycles. The van der Waals surface area contributed by atoms with Crippen LogP contribution in [0.3, 0.4) is 0 Å². The maximum absolute atomic E-state index is 5.90. The first kappa shape index (κ1) is 10.6. The Hall–Kier alpha value is -0.413. The molecule has 0 radical (unpaired) electrons. The van der Waals surface area contributed by atoms with Crippen LogP contribution in [-0.2, 0) is 8.85 Å². The van der Waals surface area contributed by atoms with E-state index in [4.69, 9.17) is 19.9 Å². The van der Waals surface area contributed by atoms with Gasteiger partial charge in [-0.1, -0.05) is 24.2 Å². The second kappa shape index (κ2) is 3.83. The van der Waals surface area contributed by atoms with Crippen molar-refractivity contribution in [2.24, 2.45) is 0 Å². The maximum Gasteiger partial charge on any atom is 0.565 e. The Morgan fingerprint density at radius 3 is 1.64 bits per heavy atom. The van der Waals surface area contributed by atoms with Gasteiger partial charge in [-0.15, -0.1) is 0 Å². The molecule has 64 valence electrons. The van der Waals surface area contributed by atoms with E-state index in [1.165, 1.54) is 0 Å². The van der Waals surface area contributed by atoms with Gasteiger partial charge in [-0.2, -0.15) is 0 Å². The van der Waals surface area contributed by atoms with E-state index >= 15 is 0 Å². The molecule has 0 atom stereocenters. The van der Waals surface area contributed by atoms with Crippen LogP contribution < -0.4 is 0 Å². The Morgan fingerprint density at radius 1 is 1.18 bits per heavy atom. The normalized spacial score (nSPS) is 10.5. The van der Waals surface area contributed by atoms with Gasteiger partial charge in [-0.3, -0.25) is 0 Å². The Labute approximate surface area is 73.4 Å². The fourth-order valence-corrected chi connectivity index (χ4v) is 2.72. The molecule has 0 rings (SSSR count). The van der Waals surface area contributed by atoms with Crippen molar-refractivity contribution in [3.05, 3.63) is 24.7 Å². The molecule has 0 N–H and O–H groups in total. The minimum atomic E-state index is -2.56. The van der Waals surface area contributed by atoms with Crippen molar-refractivity contribution >= 4 is 18.9 Å². The van der Waals surface area contributed by atoms with E-state index in [0.29, 0.717) is 11.5 Å². The van der Waals surface area contributed by atoms with E-state index in [9.17, 15) is 0 Å². The van der Waals surface area contributed by atoms with Gasteiger partial charge < -0.3 is 8.85 Å². The highest BCUT2D eigenvalue weighted by atomic mass is 35.6. The van der Waals surface area contributed by atoms with Crippen molar-refractivity contribution in [3.8, 4) is 0 Å². The van der Waals surface area contributed by atoms with Gasteiger partial charge in [0.1, 0.15) is 0 Å². The first-order valence-electron chi connectivity index (χ1n) is 3.21. The summed E-state index contributed by atoms with van der Waals surface area (Å²) in [6.45, 7) is 12.3. The topological polar surface area (TPSA) is 18.5 Å². The average Bonchev–Trinajstić information content (AvgIpc) is 1.53. The molecule has 2 nitrogen and oxygen atoms in total. The van der Waals surface area contributed by atoms with Gasteiger partial charge in [0.25, 0.3) is 0 Å². The van der Waals surface area contributed by atoms with Crippen LogP contribution in [0.25, 0.3) is 0 Å². The molecule has 11 heavy (non-hydrogen) atoms. The van der Waals surface area contributed by atoms with E-state index in [0.717, 1.165) is 0 Å². The largest absolute Gasteiger partial charge is 0.565 e. The van der Waals surface area contributed by atoms with Gasteiger partial charge in [0, 0.05) is 6.55 Å². The van der Waals surface area contributed by atoms with Crippen molar-refractivity contribution in [2.45, 2.75) is 20.4 Å². The summed E-state index contributed by atoms with van der Waals surface area (Å²) < 4.78 is 10.4. The molecular weight excluding hydrogens is 180 g/mol. The molecule has 4 heteroatoms. The van der Waals surface area contributed by atoms with Crippen LogP contribution >= 0.6 is 11.1 Å². The second-order valence-electron chi connectivity index (χ2n) is 2.44. The Bertz CT molecular complexity index is 159. The highest BCUT2D eigenvalue weighted by Gasteiger charge is 2.33. The minimum Gasteiger partial charge on any atom is -0.506 e. The molecule has 0 heterocycles. The maximum atomic E-state index is 5.90. The van der Waals surface area contributed by atoms with Crippen molar-refractivity contribution in [1.82, 2.24) is 0 Å². The highest BCUT2D eigenvalue weighted by Crippen LogP contribution is 2.18. The summed E-state index contributed by atoms with van der Waals surface area (Å²) >= 11 is 5.90. The molecule has 0 aromatic heterocycles. The summed E-state index contributed by atoms with van der Waals surface area (Å²) in [5, 5.41) is 0. The predicted molar refractivity (Wildman–Crippen MR) is 49.3 cm³/mol. The number of rotatable bonds is 4. The minimum absolute atomic E-state index is 0.565. The van der Waals surface area contributed by atoms with E-state index in [2.05, 4.69) is 13.2 Å². The van der Waals surface area contributed by atoms with Gasteiger partial charge >= 0.3 is 7.87 Å². The zero-order valence-corrected chi connectivity index (χ0v) is 8.86. The van der Waals surface area contributed by atoms with Crippen LogP contribution in [0.4, 0.5) is 0 Å². The van der Waals surface area contributed by atoms with E-state index < -0.39 is 7.87 Å². The van der Waals surface area contributed by atoms with Gasteiger partial charge in [-0.05, 0) is 13.8 Å². The number of halogens is 1. The molecule has 0 spiro atoms. The summed E-state index contributed by atoms with van der Waals surface area (Å²) in [5.74, 6) is 1.13. The highest BCUT2D eigenvalue weighted by molar-refractivity contribution is 7.12. The summed E-state index contributed by atoms with van der Waals surface area (Å²) in [4.78, 5) is 0. The first-order chi connectivity index (χ1) is 4.83. The Morgan fingerprint density at radius 2 is 1.45 bits per heavy atom. The van der Waals surface area contributed by atoms with Gasteiger partial charge in [0.05, 0.1) is 11.5 Å². The number of hydrogen-bond acceptors (Lipinski definition) is 2. The SMILES string of the molecule is C=C(C)O[Si](C)(Cl)OC(=C)C. The van der Waals surface area contributed by atoms with Gasteiger partial charge in [-0.25, -0.2) is 0 Å². The molecule has 0 saturated carbocycles. The monoisotopic (exact) mass is 192 g/mol. The molecular formula is C7H13ClO2Si. The standard InChI is InChI=1S/C7H13ClO2Si/c1-6(2)9-11(5,8)10-7(3)4/h1,3H2,2,4-5H3. The van der Waals surface area contributed by atoms with Crippen LogP contribution in [0, 0.1) is 0 Å².